The first kappa shape index (κ1) is 15.9. The number of aliphatic hydroxyl groups excluding tert-OH is 1. The first-order valence-corrected chi connectivity index (χ1v) is 7.28. The maximum Gasteiger partial charge on any atom is 0.272 e. The largest absolute Gasteiger partial charge is 0.390 e. The lowest BCUT2D eigenvalue weighted by molar-refractivity contribution is 0.0473. The maximum absolute atomic E-state index is 12.3. The molecule has 7 heteroatoms. The second kappa shape index (κ2) is 7.02. The lowest BCUT2D eigenvalue weighted by atomic mass is 10.2. The van der Waals surface area contributed by atoms with Crippen LogP contribution in [0.25, 0.3) is 0 Å². The number of imidazole rings is 1. The van der Waals surface area contributed by atoms with Gasteiger partial charge in [-0.15, -0.1) is 0 Å². The molecule has 1 N–H and O–H groups in total. The van der Waals surface area contributed by atoms with Gasteiger partial charge in [0.1, 0.15) is 5.69 Å². The van der Waals surface area contributed by atoms with Crippen molar-refractivity contribution in [1.82, 2.24) is 24.3 Å². The van der Waals surface area contributed by atoms with E-state index in [1.165, 1.54) is 0 Å². The minimum atomic E-state index is -0.348. The van der Waals surface area contributed by atoms with Crippen molar-refractivity contribution < 1.29 is 9.90 Å². The third kappa shape index (κ3) is 4.26. The van der Waals surface area contributed by atoms with Crippen LogP contribution in [0.4, 0.5) is 0 Å². The smallest absolute Gasteiger partial charge is 0.272 e. The molecule has 1 unspecified atom stereocenters. The number of hydrogen-bond acceptors (Lipinski definition) is 5. The quantitative estimate of drug-likeness (QED) is 0.763. The molecule has 1 saturated heterocycles. The van der Waals surface area contributed by atoms with Crippen molar-refractivity contribution in [3.05, 3.63) is 18.2 Å². The molecule has 1 aliphatic rings. The fourth-order valence-corrected chi connectivity index (χ4v) is 2.64. The molecular formula is C14H25N5O2. The van der Waals surface area contributed by atoms with E-state index >= 15 is 0 Å². The number of nitrogens with zero attached hydrogens (tertiary/aromatic N) is 5. The lowest BCUT2D eigenvalue weighted by Crippen LogP contribution is -2.51. The van der Waals surface area contributed by atoms with Gasteiger partial charge < -0.3 is 19.5 Å². The fourth-order valence-electron chi connectivity index (χ4n) is 2.64. The average molecular weight is 295 g/mol. The predicted octanol–water partition coefficient (Wildman–Crippen LogP) is -0.900. The molecule has 0 aliphatic carbocycles. The number of piperazine rings is 1. The zero-order valence-electron chi connectivity index (χ0n) is 13.1. The Morgan fingerprint density at radius 1 is 1.38 bits per heavy atom. The van der Waals surface area contributed by atoms with Crippen LogP contribution in [-0.4, -0.2) is 94.7 Å². The first-order chi connectivity index (χ1) is 9.97. The molecule has 2 rings (SSSR count). The third-order valence-electron chi connectivity index (χ3n) is 3.74. The summed E-state index contributed by atoms with van der Waals surface area (Å²) in [6.45, 7) is 4.31. The van der Waals surface area contributed by atoms with Crippen LogP contribution in [0.5, 0.6) is 0 Å². The zero-order valence-corrected chi connectivity index (χ0v) is 13.1. The van der Waals surface area contributed by atoms with E-state index in [4.69, 9.17) is 0 Å². The van der Waals surface area contributed by atoms with Crippen LogP contribution in [0.3, 0.4) is 0 Å². The number of likely N-dealkylation sites (N-methyl/N-ethyl adjacent to an activating group) is 1. The van der Waals surface area contributed by atoms with Crippen LogP contribution in [0.15, 0.2) is 12.5 Å². The normalized spacial score (nSPS) is 18.2. The van der Waals surface area contributed by atoms with Crippen molar-refractivity contribution in [2.24, 2.45) is 7.05 Å². The molecule has 1 aromatic heterocycles. The molecule has 1 aromatic rings. The Labute approximate surface area is 125 Å². The number of aliphatic hydroxyl groups is 1. The summed E-state index contributed by atoms with van der Waals surface area (Å²) >= 11 is 0. The molecule has 1 aliphatic heterocycles. The van der Waals surface area contributed by atoms with Crippen molar-refractivity contribution in [2.45, 2.75) is 6.10 Å². The monoisotopic (exact) mass is 295 g/mol. The van der Waals surface area contributed by atoms with Crippen LogP contribution in [0.1, 0.15) is 10.5 Å². The first-order valence-electron chi connectivity index (χ1n) is 7.28. The van der Waals surface area contributed by atoms with E-state index in [9.17, 15) is 9.90 Å². The average Bonchev–Trinajstić information content (AvgIpc) is 2.84. The highest BCUT2D eigenvalue weighted by molar-refractivity contribution is 5.92. The van der Waals surface area contributed by atoms with E-state index in [0.29, 0.717) is 31.9 Å². The van der Waals surface area contributed by atoms with Gasteiger partial charge in [0, 0.05) is 46.3 Å². The molecule has 1 fully saturated rings. The van der Waals surface area contributed by atoms with Crippen molar-refractivity contribution in [3.8, 4) is 0 Å². The van der Waals surface area contributed by atoms with E-state index in [2.05, 4.69) is 9.88 Å². The highest BCUT2D eigenvalue weighted by Gasteiger charge is 2.24. The Morgan fingerprint density at radius 2 is 2.05 bits per heavy atom. The zero-order chi connectivity index (χ0) is 15.4. The second-order valence-electron chi connectivity index (χ2n) is 5.90. The molecule has 1 atom stereocenters. The number of hydrogen-bond donors (Lipinski definition) is 1. The molecule has 0 aromatic carbocycles. The number of aryl methyl sites for hydroxylation is 1. The number of carbonyl (C=O) groups excluding carboxylic acids is 1. The lowest BCUT2D eigenvalue weighted by Gasteiger charge is -2.35. The Hall–Kier alpha value is -1.44. The Kier molecular flexibility index (Phi) is 5.33. The van der Waals surface area contributed by atoms with E-state index in [1.54, 1.807) is 17.1 Å². The van der Waals surface area contributed by atoms with Gasteiger partial charge in [-0.2, -0.15) is 0 Å². The summed E-state index contributed by atoms with van der Waals surface area (Å²) in [6.07, 6.45) is 2.90. The van der Waals surface area contributed by atoms with E-state index in [1.807, 2.05) is 30.9 Å². The van der Waals surface area contributed by atoms with Crippen molar-refractivity contribution in [3.63, 3.8) is 0 Å². The molecule has 0 bridgehead atoms. The molecule has 21 heavy (non-hydrogen) atoms. The standard InChI is InChI=1S/C14H25N5O2/c1-16(2)9-12(20)10-18-4-6-19(7-5-18)14(21)13-8-15-11-17(13)3/h8,11-12,20H,4-7,9-10H2,1-3H3. The summed E-state index contributed by atoms with van der Waals surface area (Å²) in [5.74, 6) is 0.0310. The van der Waals surface area contributed by atoms with Gasteiger partial charge in [0.15, 0.2) is 0 Å². The Bertz CT molecular complexity index is 466. The Balaban J connectivity index is 1.81. The van der Waals surface area contributed by atoms with Crippen LogP contribution in [0, 0.1) is 0 Å². The van der Waals surface area contributed by atoms with E-state index < -0.39 is 0 Å². The summed E-state index contributed by atoms with van der Waals surface area (Å²) in [5.41, 5.74) is 0.621. The molecule has 118 valence electrons. The SMILES string of the molecule is CN(C)CC(O)CN1CCN(C(=O)c2cncn2C)CC1. The number of β-amino-alcohol motifs (C(OH)–C–C–N with tert-alkyl or cyclic N) is 1. The fraction of sp³-hybridized carbons (Fsp3) is 0.714. The van der Waals surface area contributed by atoms with Crippen LogP contribution < -0.4 is 0 Å². The minimum Gasteiger partial charge on any atom is -0.390 e. The minimum absolute atomic E-state index is 0.0310. The van der Waals surface area contributed by atoms with Gasteiger partial charge in [-0.05, 0) is 14.1 Å². The number of amides is 1. The highest BCUT2D eigenvalue weighted by atomic mass is 16.3. The number of carbonyl (C=O) groups is 1. The molecule has 2 heterocycles. The van der Waals surface area contributed by atoms with Gasteiger partial charge in [-0.1, -0.05) is 0 Å². The van der Waals surface area contributed by atoms with Crippen LogP contribution in [-0.2, 0) is 7.05 Å². The molecule has 7 nitrogen and oxygen atoms in total. The van der Waals surface area contributed by atoms with Gasteiger partial charge in [-0.25, -0.2) is 4.98 Å². The number of rotatable bonds is 5. The van der Waals surface area contributed by atoms with Crippen molar-refractivity contribution >= 4 is 5.91 Å². The third-order valence-corrected chi connectivity index (χ3v) is 3.74. The Morgan fingerprint density at radius 3 is 2.57 bits per heavy atom. The topological polar surface area (TPSA) is 64.8 Å². The summed E-state index contributed by atoms with van der Waals surface area (Å²) < 4.78 is 1.75. The molecule has 1 amide bonds. The summed E-state index contributed by atoms with van der Waals surface area (Å²) in [4.78, 5) is 22.4. The van der Waals surface area contributed by atoms with Gasteiger partial charge in [0.05, 0.1) is 18.6 Å². The van der Waals surface area contributed by atoms with Crippen molar-refractivity contribution in [1.29, 1.82) is 0 Å². The summed E-state index contributed by atoms with van der Waals surface area (Å²) in [6, 6.07) is 0. The maximum atomic E-state index is 12.3. The summed E-state index contributed by atoms with van der Waals surface area (Å²) in [7, 11) is 5.73. The highest BCUT2D eigenvalue weighted by Crippen LogP contribution is 2.08. The van der Waals surface area contributed by atoms with Gasteiger partial charge in [0.2, 0.25) is 0 Å². The van der Waals surface area contributed by atoms with E-state index in [0.717, 1.165) is 13.1 Å². The summed E-state index contributed by atoms with van der Waals surface area (Å²) in [5, 5.41) is 9.96. The van der Waals surface area contributed by atoms with Gasteiger partial charge >= 0.3 is 0 Å². The van der Waals surface area contributed by atoms with Gasteiger partial charge in [0.25, 0.3) is 5.91 Å². The number of aromatic nitrogens is 2. The molecule has 0 saturated carbocycles. The van der Waals surface area contributed by atoms with Gasteiger partial charge in [-0.3, -0.25) is 9.69 Å². The van der Waals surface area contributed by atoms with Crippen molar-refractivity contribution in [2.75, 3.05) is 53.4 Å². The molecule has 0 radical (unpaired) electrons. The van der Waals surface area contributed by atoms with E-state index in [-0.39, 0.29) is 12.0 Å². The van der Waals surface area contributed by atoms with Crippen LogP contribution in [0.2, 0.25) is 0 Å². The molecule has 0 spiro atoms. The van der Waals surface area contributed by atoms with Crippen LogP contribution >= 0.6 is 0 Å². The molecular weight excluding hydrogens is 270 g/mol. The second-order valence-corrected chi connectivity index (χ2v) is 5.90. The predicted molar refractivity (Wildman–Crippen MR) is 80.1 cm³/mol.